The Morgan fingerprint density at radius 3 is 2.69 bits per heavy atom. The van der Waals surface area contributed by atoms with E-state index in [0.717, 1.165) is 16.3 Å². The molecular formula is C11H11NO2S2. The maximum Gasteiger partial charge on any atom is 0.347 e. The van der Waals surface area contributed by atoms with Gasteiger partial charge < -0.3 is 5.11 Å². The molecular weight excluding hydrogens is 242 g/mol. The van der Waals surface area contributed by atoms with Gasteiger partial charge in [-0.2, -0.15) is 0 Å². The third kappa shape index (κ3) is 2.01. The highest BCUT2D eigenvalue weighted by Crippen LogP contribution is 2.33. The quantitative estimate of drug-likeness (QED) is 0.911. The van der Waals surface area contributed by atoms with E-state index in [2.05, 4.69) is 18.0 Å². The zero-order valence-corrected chi connectivity index (χ0v) is 10.6. The number of hydrogen-bond acceptors (Lipinski definition) is 4. The predicted molar refractivity (Wildman–Crippen MR) is 66.5 cm³/mol. The monoisotopic (exact) mass is 253 g/mol. The number of thiazole rings is 1. The van der Waals surface area contributed by atoms with Gasteiger partial charge in [-0.3, -0.25) is 0 Å². The third-order valence-corrected chi connectivity index (χ3v) is 4.76. The van der Waals surface area contributed by atoms with Crippen LogP contribution in [-0.4, -0.2) is 16.1 Å². The van der Waals surface area contributed by atoms with Crippen LogP contribution in [0.4, 0.5) is 0 Å². The average molecular weight is 253 g/mol. The van der Waals surface area contributed by atoms with Crippen molar-refractivity contribution in [2.45, 2.75) is 20.3 Å². The molecule has 16 heavy (non-hydrogen) atoms. The molecule has 0 radical (unpaired) electrons. The van der Waals surface area contributed by atoms with Crippen molar-refractivity contribution in [3.8, 4) is 9.88 Å². The van der Waals surface area contributed by atoms with Crippen molar-refractivity contribution in [3.05, 3.63) is 27.6 Å². The number of nitrogens with zero attached hydrogens (tertiary/aromatic N) is 1. The minimum atomic E-state index is -0.895. The Balaban J connectivity index is 2.41. The molecule has 0 unspecified atom stereocenters. The maximum atomic E-state index is 10.9. The normalized spacial score (nSPS) is 10.6. The van der Waals surface area contributed by atoms with E-state index >= 15 is 0 Å². The summed E-state index contributed by atoms with van der Waals surface area (Å²) in [5.74, 6) is -0.895. The fourth-order valence-corrected chi connectivity index (χ4v) is 3.29. The fraction of sp³-hybridized carbons (Fsp3) is 0.273. The van der Waals surface area contributed by atoms with E-state index in [1.165, 1.54) is 16.2 Å². The van der Waals surface area contributed by atoms with E-state index in [-0.39, 0.29) is 0 Å². The van der Waals surface area contributed by atoms with Crippen LogP contribution in [0.3, 0.4) is 0 Å². The molecule has 0 aliphatic carbocycles. The predicted octanol–water partition coefficient (Wildman–Crippen LogP) is 3.44. The summed E-state index contributed by atoms with van der Waals surface area (Å²) in [6, 6.07) is 4.07. The van der Waals surface area contributed by atoms with Crippen LogP contribution in [0, 0.1) is 6.92 Å². The Morgan fingerprint density at radius 1 is 1.44 bits per heavy atom. The van der Waals surface area contributed by atoms with Crippen molar-refractivity contribution in [1.29, 1.82) is 0 Å². The number of aromatic carboxylic acids is 1. The Kier molecular flexibility index (Phi) is 3.07. The van der Waals surface area contributed by atoms with Crippen LogP contribution in [0.15, 0.2) is 12.1 Å². The molecule has 84 valence electrons. The number of carbonyl (C=O) groups is 1. The Hall–Kier alpha value is -1.20. The van der Waals surface area contributed by atoms with Crippen LogP contribution >= 0.6 is 22.7 Å². The van der Waals surface area contributed by atoms with E-state index in [1.54, 1.807) is 18.3 Å². The first-order valence-electron chi connectivity index (χ1n) is 4.91. The number of carboxylic acids is 1. The Labute approximate surface area is 101 Å². The van der Waals surface area contributed by atoms with E-state index in [1.807, 2.05) is 6.07 Å². The van der Waals surface area contributed by atoms with Crippen molar-refractivity contribution in [2.24, 2.45) is 0 Å². The molecule has 2 heterocycles. The zero-order valence-electron chi connectivity index (χ0n) is 8.98. The molecule has 0 saturated heterocycles. The van der Waals surface area contributed by atoms with Crippen LogP contribution in [0.1, 0.15) is 27.2 Å². The van der Waals surface area contributed by atoms with Crippen molar-refractivity contribution in [1.82, 2.24) is 4.98 Å². The minimum absolute atomic E-state index is 0.335. The SMILES string of the molecule is CCc1ccc(-c2nc(C)c(C(=O)O)s2)s1. The molecule has 0 aliphatic rings. The summed E-state index contributed by atoms with van der Waals surface area (Å²) in [6.45, 7) is 3.84. The number of carboxylic acid groups (broad SMARTS) is 1. The summed E-state index contributed by atoms with van der Waals surface area (Å²) in [7, 11) is 0. The molecule has 2 aromatic heterocycles. The van der Waals surface area contributed by atoms with E-state index in [9.17, 15) is 4.79 Å². The molecule has 0 bridgehead atoms. The molecule has 0 atom stereocenters. The molecule has 0 amide bonds. The lowest BCUT2D eigenvalue weighted by molar-refractivity contribution is 0.0701. The van der Waals surface area contributed by atoms with Crippen LogP contribution < -0.4 is 0 Å². The molecule has 2 aromatic rings. The summed E-state index contributed by atoms with van der Waals surface area (Å²) in [5, 5.41) is 9.76. The van der Waals surface area contributed by atoms with Gasteiger partial charge in [0.2, 0.25) is 0 Å². The van der Waals surface area contributed by atoms with Gasteiger partial charge in [0.15, 0.2) is 0 Å². The van der Waals surface area contributed by atoms with Gasteiger partial charge in [-0.25, -0.2) is 9.78 Å². The smallest absolute Gasteiger partial charge is 0.347 e. The number of hydrogen-bond donors (Lipinski definition) is 1. The molecule has 0 aliphatic heterocycles. The molecule has 0 spiro atoms. The van der Waals surface area contributed by atoms with Crippen molar-refractivity contribution in [2.75, 3.05) is 0 Å². The second kappa shape index (κ2) is 4.35. The summed E-state index contributed by atoms with van der Waals surface area (Å²) < 4.78 is 0. The Morgan fingerprint density at radius 2 is 2.19 bits per heavy atom. The van der Waals surface area contributed by atoms with Gasteiger partial charge >= 0.3 is 5.97 Å². The minimum Gasteiger partial charge on any atom is -0.477 e. The lowest BCUT2D eigenvalue weighted by Gasteiger charge is -1.87. The molecule has 0 aromatic carbocycles. The molecule has 3 nitrogen and oxygen atoms in total. The number of aromatic nitrogens is 1. The van der Waals surface area contributed by atoms with Gasteiger partial charge in [0.25, 0.3) is 0 Å². The lowest BCUT2D eigenvalue weighted by atomic mass is 10.3. The summed E-state index contributed by atoms with van der Waals surface area (Å²) in [5.41, 5.74) is 0.596. The van der Waals surface area contributed by atoms with Gasteiger partial charge in [-0.15, -0.1) is 22.7 Å². The zero-order chi connectivity index (χ0) is 11.7. The number of aryl methyl sites for hydroxylation is 2. The molecule has 1 N–H and O–H groups in total. The van der Waals surface area contributed by atoms with Crippen LogP contribution in [0.5, 0.6) is 0 Å². The first kappa shape index (κ1) is 11.3. The maximum absolute atomic E-state index is 10.9. The van der Waals surface area contributed by atoms with Crippen LogP contribution in [-0.2, 0) is 6.42 Å². The van der Waals surface area contributed by atoms with Gasteiger partial charge in [0.1, 0.15) is 9.88 Å². The first-order valence-corrected chi connectivity index (χ1v) is 6.55. The standard InChI is InChI=1S/C11H11NO2S2/c1-3-7-4-5-8(15-7)10-12-6(2)9(16-10)11(13)14/h4-5H,3H2,1-2H3,(H,13,14). The summed E-state index contributed by atoms with van der Waals surface area (Å²) >= 11 is 2.92. The largest absolute Gasteiger partial charge is 0.477 e. The van der Waals surface area contributed by atoms with E-state index in [4.69, 9.17) is 5.11 Å². The first-order chi connectivity index (χ1) is 7.61. The van der Waals surface area contributed by atoms with Crippen LogP contribution in [0.2, 0.25) is 0 Å². The average Bonchev–Trinajstić information content (AvgIpc) is 2.83. The van der Waals surface area contributed by atoms with Crippen molar-refractivity contribution < 1.29 is 9.90 Å². The molecule has 2 rings (SSSR count). The van der Waals surface area contributed by atoms with Gasteiger partial charge in [-0.1, -0.05) is 6.92 Å². The lowest BCUT2D eigenvalue weighted by Crippen LogP contribution is -1.94. The summed E-state index contributed by atoms with van der Waals surface area (Å²) in [4.78, 5) is 17.9. The molecule has 0 saturated carbocycles. The van der Waals surface area contributed by atoms with Gasteiger partial charge in [-0.05, 0) is 25.5 Å². The highest BCUT2D eigenvalue weighted by Gasteiger charge is 2.15. The summed E-state index contributed by atoms with van der Waals surface area (Å²) in [6.07, 6.45) is 1.00. The number of rotatable bonds is 3. The van der Waals surface area contributed by atoms with Gasteiger partial charge in [0, 0.05) is 4.88 Å². The third-order valence-electron chi connectivity index (χ3n) is 2.21. The van der Waals surface area contributed by atoms with E-state index < -0.39 is 5.97 Å². The second-order valence-corrected chi connectivity index (χ2v) is 5.53. The van der Waals surface area contributed by atoms with Crippen LogP contribution in [0.25, 0.3) is 9.88 Å². The highest BCUT2D eigenvalue weighted by molar-refractivity contribution is 7.22. The Bertz CT molecular complexity index is 528. The van der Waals surface area contributed by atoms with Crippen molar-refractivity contribution >= 4 is 28.6 Å². The van der Waals surface area contributed by atoms with E-state index in [0.29, 0.717) is 10.6 Å². The second-order valence-electron chi connectivity index (χ2n) is 3.36. The molecule has 0 fully saturated rings. The number of thiophene rings is 1. The van der Waals surface area contributed by atoms with Crippen molar-refractivity contribution in [3.63, 3.8) is 0 Å². The topological polar surface area (TPSA) is 50.2 Å². The van der Waals surface area contributed by atoms with Gasteiger partial charge in [0.05, 0.1) is 10.6 Å². The fourth-order valence-electron chi connectivity index (χ4n) is 1.38. The molecule has 5 heteroatoms. The highest BCUT2D eigenvalue weighted by atomic mass is 32.1.